The lowest BCUT2D eigenvalue weighted by molar-refractivity contribution is 0.660. The summed E-state index contributed by atoms with van der Waals surface area (Å²) in [4.78, 5) is 4.46. The molecular formula is C63H50N2. The molecule has 8 aromatic rings. The molecule has 0 N–H and O–H groups in total. The molecule has 0 fully saturated rings. The van der Waals surface area contributed by atoms with Gasteiger partial charge in [0.15, 0.2) is 0 Å². The normalized spacial score (nSPS) is 13.5. The molecule has 0 atom stereocenters. The Bertz CT molecular complexity index is 3300. The van der Waals surface area contributed by atoms with E-state index in [4.69, 9.17) is 0 Å². The predicted octanol–water partition coefficient (Wildman–Crippen LogP) is 17.4. The van der Waals surface area contributed by atoms with Gasteiger partial charge in [-0.2, -0.15) is 0 Å². The van der Waals surface area contributed by atoms with Crippen molar-refractivity contribution in [3.63, 3.8) is 0 Å². The van der Waals surface area contributed by atoms with Crippen molar-refractivity contribution in [3.8, 4) is 22.3 Å². The average Bonchev–Trinajstić information content (AvgIpc) is 3.43. The van der Waals surface area contributed by atoms with E-state index >= 15 is 0 Å². The van der Waals surface area contributed by atoms with Crippen molar-refractivity contribution < 1.29 is 0 Å². The molecule has 0 spiro atoms. The summed E-state index contributed by atoms with van der Waals surface area (Å²) < 4.78 is 0. The van der Waals surface area contributed by atoms with E-state index in [1.54, 1.807) is 12.2 Å². The summed E-state index contributed by atoms with van der Waals surface area (Å²) >= 11 is 0. The van der Waals surface area contributed by atoms with Crippen LogP contribution in [0.5, 0.6) is 0 Å². The summed E-state index contributed by atoms with van der Waals surface area (Å²) in [5, 5.41) is 4.73. The Morgan fingerprint density at radius 2 is 1.12 bits per heavy atom. The Morgan fingerprint density at radius 3 is 1.82 bits per heavy atom. The van der Waals surface area contributed by atoms with E-state index in [0.717, 1.165) is 27.9 Å². The molecule has 2 nitrogen and oxygen atoms in total. The standard InChI is InChI=1S/C63H50N2/c1-7-9-17-43(3)64(44(4)18-10-8-2)52-34-32-49-40-51(31-30-50(49)41-52)55-37-33-46(54-21-13-14-22-56(54)55)27-25-45-26-36-57-58-38-35-53(42-60(58)63(5,6)59(57)39-45)65-61-23-15-11-19-47(61)28-29-48-20-12-16-24-62(48)65/h7-42H,1-4H2,5-6H3/b17-9-,18-10-,27-25+. The third-order valence-corrected chi connectivity index (χ3v) is 13.0. The summed E-state index contributed by atoms with van der Waals surface area (Å²) in [6.07, 6.45) is 20.1. The minimum Gasteiger partial charge on any atom is -0.312 e. The number of rotatable bonds is 11. The number of allylic oxidation sites excluding steroid dienone is 6. The number of benzene rings is 8. The van der Waals surface area contributed by atoms with Crippen LogP contribution in [-0.4, -0.2) is 0 Å². The van der Waals surface area contributed by atoms with Crippen molar-refractivity contribution in [1.82, 2.24) is 0 Å². The minimum absolute atomic E-state index is 0.183. The lowest BCUT2D eigenvalue weighted by atomic mass is 9.81. The molecule has 0 radical (unpaired) electrons. The lowest BCUT2D eigenvalue weighted by Gasteiger charge is -2.29. The fraction of sp³-hybridized carbons (Fsp3) is 0.0476. The van der Waals surface area contributed by atoms with E-state index in [0.29, 0.717) is 0 Å². The zero-order valence-corrected chi connectivity index (χ0v) is 37.0. The Hall–Kier alpha value is -8.20. The molecule has 0 saturated heterocycles. The van der Waals surface area contributed by atoms with Crippen LogP contribution in [0.2, 0.25) is 0 Å². The molecule has 312 valence electrons. The van der Waals surface area contributed by atoms with Crippen molar-refractivity contribution in [1.29, 1.82) is 0 Å². The first-order valence-corrected chi connectivity index (χ1v) is 22.2. The molecule has 0 aromatic heterocycles. The van der Waals surface area contributed by atoms with E-state index in [2.05, 4.69) is 227 Å². The van der Waals surface area contributed by atoms with Crippen LogP contribution in [0.1, 0.15) is 47.2 Å². The van der Waals surface area contributed by atoms with Gasteiger partial charge in [-0.1, -0.05) is 204 Å². The fourth-order valence-electron chi connectivity index (χ4n) is 9.71. The number of hydrogen-bond acceptors (Lipinski definition) is 2. The van der Waals surface area contributed by atoms with Gasteiger partial charge in [-0.3, -0.25) is 0 Å². The van der Waals surface area contributed by atoms with Crippen LogP contribution in [0.3, 0.4) is 0 Å². The molecular weight excluding hydrogens is 785 g/mol. The van der Waals surface area contributed by atoms with E-state index in [9.17, 15) is 0 Å². The second kappa shape index (κ2) is 16.8. The summed E-state index contributed by atoms with van der Waals surface area (Å²) in [5.41, 5.74) is 18.4. The van der Waals surface area contributed by atoms with E-state index < -0.39 is 0 Å². The van der Waals surface area contributed by atoms with Crippen LogP contribution in [-0.2, 0) is 5.41 Å². The third-order valence-electron chi connectivity index (χ3n) is 13.0. The third kappa shape index (κ3) is 7.39. The first-order chi connectivity index (χ1) is 31.7. The second-order valence-electron chi connectivity index (χ2n) is 17.3. The molecule has 1 aliphatic carbocycles. The van der Waals surface area contributed by atoms with Crippen molar-refractivity contribution in [3.05, 3.63) is 265 Å². The molecule has 0 saturated carbocycles. The predicted molar refractivity (Wildman–Crippen MR) is 283 cm³/mol. The Morgan fingerprint density at radius 1 is 0.538 bits per heavy atom. The van der Waals surface area contributed by atoms with Gasteiger partial charge >= 0.3 is 0 Å². The number of para-hydroxylation sites is 2. The van der Waals surface area contributed by atoms with Gasteiger partial charge in [-0.15, -0.1) is 0 Å². The van der Waals surface area contributed by atoms with Gasteiger partial charge in [0, 0.05) is 28.2 Å². The van der Waals surface area contributed by atoms with Crippen molar-refractivity contribution in [2.45, 2.75) is 19.3 Å². The Balaban J connectivity index is 0.943. The fourth-order valence-corrected chi connectivity index (χ4v) is 9.71. The van der Waals surface area contributed by atoms with E-state index in [-0.39, 0.29) is 5.41 Å². The second-order valence-corrected chi connectivity index (χ2v) is 17.3. The van der Waals surface area contributed by atoms with Crippen LogP contribution in [0.4, 0.5) is 22.7 Å². The van der Waals surface area contributed by atoms with Gasteiger partial charge in [0.05, 0.1) is 11.4 Å². The van der Waals surface area contributed by atoms with E-state index in [1.165, 1.54) is 83.5 Å². The van der Waals surface area contributed by atoms with Crippen LogP contribution >= 0.6 is 0 Å². The van der Waals surface area contributed by atoms with E-state index in [1.807, 2.05) is 29.2 Å². The highest BCUT2D eigenvalue weighted by Gasteiger charge is 2.36. The SMILES string of the molecule is C=C/C=C\C(=C)N(C(=C)/C=C\C=C)c1ccc2cc(-c3ccc(/C=C/c4ccc5c(c4)C(C)(C)c4cc(N6c7ccccc7C=Cc7ccccc76)ccc4-5)c4ccccc34)ccc2c1. The quantitative estimate of drug-likeness (QED) is 0.0946. The molecule has 8 aromatic carbocycles. The zero-order chi connectivity index (χ0) is 44.7. The zero-order valence-electron chi connectivity index (χ0n) is 37.0. The highest BCUT2D eigenvalue weighted by molar-refractivity contribution is 6.04. The van der Waals surface area contributed by atoms with Crippen molar-refractivity contribution in [2.24, 2.45) is 0 Å². The smallest absolute Gasteiger partial charge is 0.0534 e. The molecule has 65 heavy (non-hydrogen) atoms. The number of hydrogen-bond donors (Lipinski definition) is 0. The monoisotopic (exact) mass is 834 g/mol. The van der Waals surface area contributed by atoms with Crippen LogP contribution < -0.4 is 9.80 Å². The van der Waals surface area contributed by atoms with Gasteiger partial charge in [0.2, 0.25) is 0 Å². The number of fused-ring (bicyclic) bond motifs is 7. The molecule has 0 amide bonds. The molecule has 2 aliphatic rings. The maximum Gasteiger partial charge on any atom is 0.0534 e. The summed E-state index contributed by atoms with van der Waals surface area (Å²) in [6, 6.07) is 57.8. The van der Waals surface area contributed by atoms with Gasteiger partial charge in [0.25, 0.3) is 0 Å². The first kappa shape index (κ1) is 40.8. The molecule has 0 bridgehead atoms. The molecule has 0 unspecified atom stereocenters. The minimum atomic E-state index is -0.183. The largest absolute Gasteiger partial charge is 0.312 e. The van der Waals surface area contributed by atoms with Crippen LogP contribution in [0.25, 0.3) is 68.1 Å². The molecule has 10 rings (SSSR count). The Kier molecular flexibility index (Phi) is 10.6. The molecule has 1 heterocycles. The first-order valence-electron chi connectivity index (χ1n) is 22.2. The lowest BCUT2D eigenvalue weighted by Crippen LogP contribution is -2.18. The molecule has 1 aliphatic heterocycles. The summed E-state index contributed by atoms with van der Waals surface area (Å²) in [7, 11) is 0. The van der Waals surface area contributed by atoms with Crippen molar-refractivity contribution in [2.75, 3.05) is 9.80 Å². The highest BCUT2D eigenvalue weighted by atomic mass is 15.2. The average molecular weight is 835 g/mol. The Labute approximate surface area is 383 Å². The number of anilines is 4. The van der Waals surface area contributed by atoms with Crippen molar-refractivity contribution >= 4 is 68.6 Å². The van der Waals surface area contributed by atoms with Gasteiger partial charge in [0.1, 0.15) is 0 Å². The number of nitrogens with zero attached hydrogens (tertiary/aromatic N) is 2. The topological polar surface area (TPSA) is 6.48 Å². The maximum absolute atomic E-state index is 4.32. The molecule has 2 heteroatoms. The maximum atomic E-state index is 4.32. The van der Waals surface area contributed by atoms with Crippen LogP contribution in [0, 0.1) is 0 Å². The summed E-state index contributed by atoms with van der Waals surface area (Å²) in [5.74, 6) is 0. The van der Waals surface area contributed by atoms with Gasteiger partial charge in [-0.25, -0.2) is 0 Å². The van der Waals surface area contributed by atoms with Gasteiger partial charge < -0.3 is 9.80 Å². The van der Waals surface area contributed by atoms with Crippen LogP contribution in [0.15, 0.2) is 232 Å². The highest BCUT2D eigenvalue weighted by Crippen LogP contribution is 2.52. The van der Waals surface area contributed by atoms with Gasteiger partial charge in [-0.05, 0) is 132 Å². The summed E-state index contributed by atoms with van der Waals surface area (Å²) in [6.45, 7) is 21.0.